The quantitative estimate of drug-likeness (QED) is 0.174. The fraction of sp³-hybridized carbons (Fsp3) is 0.194. The van der Waals surface area contributed by atoms with E-state index in [0.29, 0.717) is 0 Å². The number of aromatic nitrogens is 3. The van der Waals surface area contributed by atoms with Crippen LogP contribution in [-0.2, 0) is 16.2 Å². The summed E-state index contributed by atoms with van der Waals surface area (Å²) in [6.45, 7) is 20.9. The first-order chi connectivity index (χ1) is 31.7. The third-order valence-electron chi connectivity index (χ3n) is 14.6. The lowest BCUT2D eigenvalue weighted by molar-refractivity contribution is 0.590. The SMILES string of the molecule is CC(C)(C)c1ccc(-n2c3ccc(C(C)(C)C)cc3c3c4c5ccc(C(C)(C)C)c6c7oc8ccccc8c7n(c4ccc32)c56)c(-c2ccc3c(c2)c2ccccc2n3-c2ccccc2)c1. The summed E-state index contributed by atoms with van der Waals surface area (Å²) in [7, 11) is 0. The lowest BCUT2D eigenvalue weighted by Crippen LogP contribution is -2.12. The number of benzene rings is 8. The van der Waals surface area contributed by atoms with Crippen LogP contribution in [0.1, 0.15) is 79.0 Å². The van der Waals surface area contributed by atoms with Gasteiger partial charge in [-0.15, -0.1) is 0 Å². The molecule has 4 heteroatoms. The maximum Gasteiger partial charge on any atom is 0.161 e. The number of hydrogen-bond acceptors (Lipinski definition) is 1. The van der Waals surface area contributed by atoms with Gasteiger partial charge in [0.05, 0.1) is 38.8 Å². The van der Waals surface area contributed by atoms with E-state index < -0.39 is 0 Å². The van der Waals surface area contributed by atoms with Crippen molar-refractivity contribution in [2.24, 2.45) is 0 Å². The number of nitrogens with zero attached hydrogens (tertiary/aromatic N) is 3. The van der Waals surface area contributed by atoms with Gasteiger partial charge in [-0.1, -0.05) is 141 Å². The fourth-order valence-electron chi connectivity index (χ4n) is 11.4. The topological polar surface area (TPSA) is 27.4 Å². The largest absolute Gasteiger partial charge is 0.454 e. The smallest absolute Gasteiger partial charge is 0.161 e. The molecule has 0 spiro atoms. The highest BCUT2D eigenvalue weighted by Gasteiger charge is 2.31. The van der Waals surface area contributed by atoms with Crippen molar-refractivity contribution in [3.05, 3.63) is 174 Å². The van der Waals surface area contributed by atoms with Gasteiger partial charge in [-0.2, -0.15) is 0 Å². The minimum Gasteiger partial charge on any atom is -0.454 e. The van der Waals surface area contributed by atoms with E-state index in [0.717, 1.165) is 27.8 Å². The van der Waals surface area contributed by atoms with E-state index in [4.69, 9.17) is 4.42 Å². The molecule has 0 fully saturated rings. The number of rotatable bonds is 3. The Morgan fingerprint density at radius 1 is 0.394 bits per heavy atom. The first-order valence-corrected chi connectivity index (χ1v) is 23.5. The van der Waals surface area contributed by atoms with Crippen molar-refractivity contribution in [1.29, 1.82) is 0 Å². The summed E-state index contributed by atoms with van der Waals surface area (Å²) < 4.78 is 14.3. The minimum absolute atomic E-state index is 0.0385. The highest BCUT2D eigenvalue weighted by atomic mass is 16.3. The van der Waals surface area contributed by atoms with Crippen molar-refractivity contribution in [2.45, 2.75) is 78.6 Å². The number of para-hydroxylation sites is 3. The van der Waals surface area contributed by atoms with Crippen molar-refractivity contribution >= 4 is 92.9 Å². The molecule has 0 amide bonds. The number of furan rings is 1. The molecule has 0 atom stereocenters. The van der Waals surface area contributed by atoms with Crippen LogP contribution >= 0.6 is 0 Å². The Bertz CT molecular complexity index is 4150. The second kappa shape index (κ2) is 13.2. The van der Waals surface area contributed by atoms with Crippen LogP contribution in [0, 0.1) is 0 Å². The normalized spacial score (nSPS) is 13.2. The molecule has 5 heterocycles. The second-order valence-corrected chi connectivity index (χ2v) is 21.8. The average Bonchev–Trinajstić information content (AvgIpc) is 4.09. The second-order valence-electron chi connectivity index (χ2n) is 21.8. The minimum atomic E-state index is -0.0898. The van der Waals surface area contributed by atoms with Crippen LogP contribution in [0.3, 0.4) is 0 Å². The standard InChI is InChI=1S/C62H53N3O/c1-60(2,3)37-24-29-48(43(34-37)36-23-28-49-44(33-36)40-19-13-15-21-47(40)63(49)39-17-11-10-12-18-39)64-50-30-25-38(61(4,5)6)35-45(50)55-51(64)31-32-52-54(55)42-26-27-46(62(7,8)9)56-57(42)65(52)58-41-20-14-16-22-53(41)66-59(56)58/h10-35H,1-9H3. The Balaban J connectivity index is 1.17. The summed E-state index contributed by atoms with van der Waals surface area (Å²) in [5.41, 5.74) is 18.8. The Morgan fingerprint density at radius 3 is 1.79 bits per heavy atom. The summed E-state index contributed by atoms with van der Waals surface area (Å²) in [5, 5.41) is 9.98. The average molecular weight is 856 g/mol. The van der Waals surface area contributed by atoms with Crippen molar-refractivity contribution in [3.8, 4) is 22.5 Å². The van der Waals surface area contributed by atoms with Crippen molar-refractivity contribution in [3.63, 3.8) is 0 Å². The zero-order chi connectivity index (χ0) is 45.2. The molecule has 0 saturated heterocycles. The summed E-state index contributed by atoms with van der Waals surface area (Å²) in [4.78, 5) is 0. The summed E-state index contributed by atoms with van der Waals surface area (Å²) >= 11 is 0. The molecule has 13 aromatic rings. The molecule has 0 aliphatic carbocycles. The maximum absolute atomic E-state index is 6.84. The Hall–Kier alpha value is -7.30. The molecule has 0 aliphatic rings. The van der Waals surface area contributed by atoms with E-state index >= 15 is 0 Å². The van der Waals surface area contributed by atoms with Gasteiger partial charge < -0.3 is 18.0 Å². The van der Waals surface area contributed by atoms with Gasteiger partial charge in [-0.05, 0) is 117 Å². The Labute approximate surface area is 384 Å². The predicted molar refractivity (Wildman–Crippen MR) is 281 cm³/mol. The van der Waals surface area contributed by atoms with Gasteiger partial charge in [-0.25, -0.2) is 0 Å². The number of fused-ring (bicyclic) bond motifs is 15. The van der Waals surface area contributed by atoms with Gasteiger partial charge in [0, 0.05) is 54.3 Å². The monoisotopic (exact) mass is 855 g/mol. The predicted octanol–water partition coefficient (Wildman–Crippen LogP) is 17.3. The maximum atomic E-state index is 6.84. The molecule has 0 bridgehead atoms. The van der Waals surface area contributed by atoms with Crippen molar-refractivity contribution in [1.82, 2.24) is 13.5 Å². The highest BCUT2D eigenvalue weighted by molar-refractivity contribution is 6.34. The molecule has 0 aliphatic heterocycles. The van der Waals surface area contributed by atoms with Gasteiger partial charge in [0.1, 0.15) is 11.1 Å². The van der Waals surface area contributed by atoms with Crippen LogP contribution in [0.2, 0.25) is 0 Å². The summed E-state index contributed by atoms with van der Waals surface area (Å²) in [6, 6.07) is 59.2. The van der Waals surface area contributed by atoms with Crippen molar-refractivity contribution in [2.75, 3.05) is 0 Å². The van der Waals surface area contributed by atoms with Gasteiger partial charge in [-0.3, -0.25) is 0 Å². The zero-order valence-electron chi connectivity index (χ0n) is 39.3. The Morgan fingerprint density at radius 2 is 1.02 bits per heavy atom. The molecule has 0 unspecified atom stereocenters. The first kappa shape index (κ1) is 39.1. The molecular formula is C62H53N3O. The van der Waals surface area contributed by atoms with Crippen LogP contribution < -0.4 is 0 Å². The van der Waals surface area contributed by atoms with E-state index in [1.807, 2.05) is 0 Å². The molecule has 66 heavy (non-hydrogen) atoms. The third kappa shape index (κ3) is 5.33. The lowest BCUT2D eigenvalue weighted by Gasteiger charge is -2.23. The molecule has 5 aromatic heterocycles. The molecule has 322 valence electrons. The first-order valence-electron chi connectivity index (χ1n) is 23.5. The molecule has 0 radical (unpaired) electrons. The molecule has 8 aromatic carbocycles. The van der Waals surface area contributed by atoms with Crippen LogP contribution in [0.15, 0.2) is 162 Å². The Kier molecular flexibility index (Phi) is 7.80. The van der Waals surface area contributed by atoms with Gasteiger partial charge in [0.15, 0.2) is 5.58 Å². The molecule has 4 nitrogen and oxygen atoms in total. The highest BCUT2D eigenvalue weighted by Crippen LogP contribution is 2.50. The van der Waals surface area contributed by atoms with E-state index in [2.05, 4.69) is 234 Å². The van der Waals surface area contributed by atoms with E-state index in [1.54, 1.807) is 0 Å². The number of hydrogen-bond donors (Lipinski definition) is 0. The fourth-order valence-corrected chi connectivity index (χ4v) is 11.4. The van der Waals surface area contributed by atoms with Crippen LogP contribution in [0.5, 0.6) is 0 Å². The lowest BCUT2D eigenvalue weighted by atomic mass is 9.84. The summed E-state index contributed by atoms with van der Waals surface area (Å²) in [6.07, 6.45) is 0. The zero-order valence-corrected chi connectivity index (χ0v) is 39.3. The van der Waals surface area contributed by atoms with E-state index in [-0.39, 0.29) is 16.2 Å². The molecule has 13 rings (SSSR count). The van der Waals surface area contributed by atoms with Crippen LogP contribution in [0.4, 0.5) is 0 Å². The van der Waals surface area contributed by atoms with E-state index in [1.165, 1.54) is 104 Å². The van der Waals surface area contributed by atoms with Gasteiger partial charge in [0.25, 0.3) is 0 Å². The molecule has 0 N–H and O–H groups in total. The van der Waals surface area contributed by atoms with Gasteiger partial charge >= 0.3 is 0 Å². The van der Waals surface area contributed by atoms with Crippen LogP contribution in [0.25, 0.3) is 115 Å². The summed E-state index contributed by atoms with van der Waals surface area (Å²) in [5.74, 6) is 0. The third-order valence-corrected chi connectivity index (χ3v) is 14.6. The molecular weight excluding hydrogens is 803 g/mol. The van der Waals surface area contributed by atoms with Crippen molar-refractivity contribution < 1.29 is 4.42 Å². The van der Waals surface area contributed by atoms with Gasteiger partial charge in [0.2, 0.25) is 0 Å². The molecule has 0 saturated carbocycles. The van der Waals surface area contributed by atoms with Crippen LogP contribution in [-0.4, -0.2) is 13.5 Å². The van der Waals surface area contributed by atoms with E-state index in [9.17, 15) is 0 Å².